The highest BCUT2D eigenvalue weighted by atomic mass is 16.5. The minimum Gasteiger partial charge on any atom is -0.494 e. The van der Waals surface area contributed by atoms with Gasteiger partial charge in [0.2, 0.25) is 0 Å². The summed E-state index contributed by atoms with van der Waals surface area (Å²) < 4.78 is 11.0. The number of urea groups is 1. The van der Waals surface area contributed by atoms with Crippen molar-refractivity contribution in [2.45, 2.75) is 26.7 Å². The van der Waals surface area contributed by atoms with E-state index in [2.05, 4.69) is 22.0 Å². The average molecular weight is 422 g/mol. The van der Waals surface area contributed by atoms with Crippen LogP contribution in [0.4, 0.5) is 10.5 Å². The topological polar surface area (TPSA) is 84.6 Å². The molecule has 4 rings (SSSR count). The monoisotopic (exact) mass is 421 g/mol. The van der Waals surface area contributed by atoms with Crippen LogP contribution >= 0.6 is 0 Å². The number of hydrogen-bond acceptors (Lipinski definition) is 6. The summed E-state index contributed by atoms with van der Waals surface area (Å²) in [6, 6.07) is 11.5. The van der Waals surface area contributed by atoms with Crippen LogP contribution in [0, 0.1) is 12.8 Å². The minimum absolute atomic E-state index is 0.0748. The van der Waals surface area contributed by atoms with Gasteiger partial charge in [-0.3, -0.25) is 9.88 Å². The second kappa shape index (κ2) is 9.59. The van der Waals surface area contributed by atoms with Crippen molar-refractivity contribution in [2.75, 3.05) is 31.1 Å². The Morgan fingerprint density at radius 2 is 1.90 bits per heavy atom. The number of ether oxygens (including phenoxy) is 1. The molecule has 31 heavy (non-hydrogen) atoms. The Bertz CT molecular complexity index is 990. The lowest BCUT2D eigenvalue weighted by atomic mass is 10.1. The summed E-state index contributed by atoms with van der Waals surface area (Å²) in [5, 5.41) is 3.81. The molecule has 1 atom stereocenters. The molecule has 1 aliphatic rings. The van der Waals surface area contributed by atoms with E-state index in [0.717, 1.165) is 49.5 Å². The molecule has 1 fully saturated rings. The first-order valence-electron chi connectivity index (χ1n) is 10.6. The van der Waals surface area contributed by atoms with Gasteiger partial charge in [0.15, 0.2) is 5.82 Å². The first-order chi connectivity index (χ1) is 15.1. The van der Waals surface area contributed by atoms with Crippen molar-refractivity contribution >= 4 is 11.7 Å². The third-order valence-electron chi connectivity index (χ3n) is 5.34. The van der Waals surface area contributed by atoms with Gasteiger partial charge in [-0.05, 0) is 62.1 Å². The first-order valence-corrected chi connectivity index (χ1v) is 10.6. The van der Waals surface area contributed by atoms with Crippen molar-refractivity contribution in [3.05, 3.63) is 54.6 Å². The van der Waals surface area contributed by atoms with Gasteiger partial charge in [0, 0.05) is 43.3 Å². The largest absolute Gasteiger partial charge is 0.494 e. The fourth-order valence-corrected chi connectivity index (χ4v) is 3.71. The van der Waals surface area contributed by atoms with Crippen LogP contribution in [0.15, 0.2) is 53.3 Å². The van der Waals surface area contributed by atoms with E-state index >= 15 is 0 Å². The minimum atomic E-state index is 0.0748. The molecule has 0 radical (unpaired) electrons. The number of amides is 2. The average Bonchev–Trinajstić information content (AvgIpc) is 3.38. The third kappa shape index (κ3) is 5.20. The zero-order valence-electron chi connectivity index (χ0n) is 17.9. The summed E-state index contributed by atoms with van der Waals surface area (Å²) in [4.78, 5) is 24.7. The molecule has 0 saturated carbocycles. The molecule has 3 heterocycles. The molecule has 0 bridgehead atoms. The van der Waals surface area contributed by atoms with Crippen molar-refractivity contribution in [1.82, 2.24) is 20.0 Å². The summed E-state index contributed by atoms with van der Waals surface area (Å²) >= 11 is 0. The molecule has 1 aromatic carbocycles. The van der Waals surface area contributed by atoms with Gasteiger partial charge in [-0.25, -0.2) is 4.79 Å². The van der Waals surface area contributed by atoms with Gasteiger partial charge < -0.3 is 14.2 Å². The Morgan fingerprint density at radius 1 is 1.13 bits per heavy atom. The van der Waals surface area contributed by atoms with Crippen molar-refractivity contribution < 1.29 is 14.1 Å². The van der Waals surface area contributed by atoms with Gasteiger partial charge in [-0.15, -0.1) is 0 Å². The van der Waals surface area contributed by atoms with E-state index in [9.17, 15) is 4.79 Å². The Morgan fingerprint density at radius 3 is 2.61 bits per heavy atom. The van der Waals surface area contributed by atoms with Gasteiger partial charge in [-0.2, -0.15) is 4.98 Å². The number of rotatable bonds is 9. The molecule has 0 N–H and O–H groups in total. The van der Waals surface area contributed by atoms with Crippen LogP contribution in [-0.2, 0) is 0 Å². The number of aryl methyl sites for hydroxylation is 1. The van der Waals surface area contributed by atoms with Crippen LogP contribution in [0.25, 0.3) is 11.5 Å². The summed E-state index contributed by atoms with van der Waals surface area (Å²) in [5.74, 6) is 2.35. The number of hydrogen-bond donors (Lipinski definition) is 0. The lowest BCUT2D eigenvalue weighted by Crippen LogP contribution is -2.34. The lowest BCUT2D eigenvalue weighted by molar-refractivity contribution is 0.209. The molecular weight excluding hydrogens is 394 g/mol. The van der Waals surface area contributed by atoms with Crippen molar-refractivity contribution in [3.63, 3.8) is 0 Å². The number of aromatic nitrogens is 3. The van der Waals surface area contributed by atoms with Crippen LogP contribution in [0.5, 0.6) is 5.75 Å². The molecule has 0 aliphatic carbocycles. The number of carbonyl (C=O) groups is 1. The standard InChI is InChI=1S/C23H27N5O3/c1-17(16-27-13-14-28(23(27)29)20-9-11-24-12-10-20)4-3-15-30-21-7-5-19(6-8-21)22-25-18(2)26-31-22/h5-12,17H,3-4,13-16H2,1-2H3. The second-order valence-corrected chi connectivity index (χ2v) is 7.85. The smallest absolute Gasteiger partial charge is 0.324 e. The maximum absolute atomic E-state index is 12.7. The van der Waals surface area contributed by atoms with E-state index < -0.39 is 0 Å². The number of pyridine rings is 1. The maximum Gasteiger partial charge on any atom is 0.324 e. The van der Waals surface area contributed by atoms with Crippen LogP contribution in [-0.4, -0.2) is 52.3 Å². The fraction of sp³-hybridized carbons (Fsp3) is 0.391. The highest BCUT2D eigenvalue weighted by molar-refractivity contribution is 5.94. The molecule has 1 saturated heterocycles. The molecule has 1 aliphatic heterocycles. The van der Waals surface area contributed by atoms with Gasteiger partial charge >= 0.3 is 6.03 Å². The second-order valence-electron chi connectivity index (χ2n) is 7.85. The molecule has 2 amide bonds. The lowest BCUT2D eigenvalue weighted by Gasteiger charge is -2.22. The Hall–Kier alpha value is -3.42. The van der Waals surface area contributed by atoms with Crippen molar-refractivity contribution in [1.29, 1.82) is 0 Å². The number of nitrogens with zero attached hydrogens (tertiary/aromatic N) is 5. The van der Waals surface area contributed by atoms with Crippen molar-refractivity contribution in [3.8, 4) is 17.2 Å². The van der Waals surface area contributed by atoms with Gasteiger partial charge in [0.05, 0.1) is 6.61 Å². The van der Waals surface area contributed by atoms with Crippen LogP contribution in [0.3, 0.4) is 0 Å². The van der Waals surface area contributed by atoms with E-state index in [1.54, 1.807) is 19.3 Å². The normalized spacial score (nSPS) is 14.8. The summed E-state index contributed by atoms with van der Waals surface area (Å²) in [6.45, 7) is 6.86. The predicted molar refractivity (Wildman–Crippen MR) is 117 cm³/mol. The summed E-state index contributed by atoms with van der Waals surface area (Å²) in [5.41, 5.74) is 1.78. The third-order valence-corrected chi connectivity index (χ3v) is 5.34. The van der Waals surface area contributed by atoms with Crippen LogP contribution in [0.2, 0.25) is 0 Å². The fourth-order valence-electron chi connectivity index (χ4n) is 3.71. The molecule has 1 unspecified atom stereocenters. The quantitative estimate of drug-likeness (QED) is 0.482. The number of carbonyl (C=O) groups excluding carboxylic acids is 1. The number of benzene rings is 1. The van der Waals surface area contributed by atoms with Crippen LogP contribution < -0.4 is 9.64 Å². The van der Waals surface area contributed by atoms with Gasteiger partial charge in [0.1, 0.15) is 5.75 Å². The highest BCUT2D eigenvalue weighted by Crippen LogP contribution is 2.22. The molecule has 8 heteroatoms. The molecule has 162 valence electrons. The van der Waals surface area contributed by atoms with E-state index in [1.165, 1.54) is 0 Å². The van der Waals surface area contributed by atoms with E-state index in [4.69, 9.17) is 9.26 Å². The van der Waals surface area contributed by atoms with Gasteiger partial charge in [0.25, 0.3) is 5.89 Å². The molecule has 0 spiro atoms. The Kier molecular flexibility index (Phi) is 6.45. The van der Waals surface area contributed by atoms with E-state index in [-0.39, 0.29) is 6.03 Å². The SMILES string of the molecule is Cc1noc(-c2ccc(OCCCC(C)CN3CCN(c4ccncc4)C3=O)cc2)n1. The maximum atomic E-state index is 12.7. The predicted octanol–water partition coefficient (Wildman–Crippen LogP) is 4.18. The Balaban J connectivity index is 1.18. The molecule has 8 nitrogen and oxygen atoms in total. The highest BCUT2D eigenvalue weighted by Gasteiger charge is 2.30. The molecular formula is C23H27N5O3. The summed E-state index contributed by atoms with van der Waals surface area (Å²) in [6.07, 6.45) is 5.36. The zero-order chi connectivity index (χ0) is 21.6. The zero-order valence-corrected chi connectivity index (χ0v) is 17.9. The van der Waals surface area contributed by atoms with E-state index in [0.29, 0.717) is 24.2 Å². The van der Waals surface area contributed by atoms with Crippen LogP contribution in [0.1, 0.15) is 25.6 Å². The van der Waals surface area contributed by atoms with E-state index in [1.807, 2.05) is 46.2 Å². The molecule has 3 aromatic rings. The first kappa shape index (κ1) is 20.8. The Labute approximate surface area is 181 Å². The number of anilines is 1. The molecule has 2 aromatic heterocycles. The van der Waals surface area contributed by atoms with Crippen molar-refractivity contribution in [2.24, 2.45) is 5.92 Å². The summed E-state index contributed by atoms with van der Waals surface area (Å²) in [7, 11) is 0. The van der Waals surface area contributed by atoms with Gasteiger partial charge in [-0.1, -0.05) is 12.1 Å².